The highest BCUT2D eigenvalue weighted by Gasteiger charge is 2.33. The maximum absolute atomic E-state index is 11.4. The highest BCUT2D eigenvalue weighted by molar-refractivity contribution is 7.99. The van der Waals surface area contributed by atoms with E-state index >= 15 is 0 Å². The molecule has 1 rings (SSSR count). The summed E-state index contributed by atoms with van der Waals surface area (Å²) in [6, 6.07) is -0.641. The molecule has 1 aliphatic heterocycles. The summed E-state index contributed by atoms with van der Waals surface area (Å²) in [6.07, 6.45) is 0.313. The first-order valence-electron chi connectivity index (χ1n) is 3.87. The van der Waals surface area contributed by atoms with Crippen molar-refractivity contribution < 1.29 is 14.7 Å². The number of amides is 1. The van der Waals surface area contributed by atoms with Gasteiger partial charge in [-0.1, -0.05) is 0 Å². The molecule has 0 aromatic carbocycles. The molecule has 6 heteroatoms. The number of hydrogen-bond donors (Lipinski definition) is 2. The van der Waals surface area contributed by atoms with Crippen molar-refractivity contribution in [2.24, 2.45) is 0 Å². The number of carbonyl (C=O) groups excluding carboxylic acids is 1. The van der Waals surface area contributed by atoms with Crippen LogP contribution in [0.1, 0.15) is 6.42 Å². The second-order valence-corrected chi connectivity index (χ2v) is 4.14. The fourth-order valence-corrected chi connectivity index (χ4v) is 2.50. The van der Waals surface area contributed by atoms with Crippen LogP contribution in [0.15, 0.2) is 0 Å². The Bertz CT molecular complexity index is 222. The molecule has 0 radical (unpaired) electrons. The molecule has 1 atom stereocenters. The van der Waals surface area contributed by atoms with Crippen molar-refractivity contribution in [3.8, 4) is 0 Å². The lowest BCUT2D eigenvalue weighted by atomic mass is 10.3. The molecule has 1 heterocycles. The van der Waals surface area contributed by atoms with Gasteiger partial charge in [-0.3, -0.25) is 4.79 Å². The summed E-state index contributed by atoms with van der Waals surface area (Å²) in [6.45, 7) is 0. The summed E-state index contributed by atoms with van der Waals surface area (Å²) in [7, 11) is 0. The number of carboxylic acid groups (broad SMARTS) is 1. The van der Waals surface area contributed by atoms with Gasteiger partial charge in [-0.25, -0.2) is 4.79 Å². The summed E-state index contributed by atoms with van der Waals surface area (Å²) in [4.78, 5) is 23.5. The number of thiol groups is 1. The smallest absolute Gasteiger partial charge is 0.327 e. The first-order valence-corrected chi connectivity index (χ1v) is 5.66. The molecule has 0 unspecified atom stereocenters. The molecule has 1 N–H and O–H groups in total. The number of carbonyl (C=O) groups is 2. The Morgan fingerprint density at radius 3 is 2.85 bits per heavy atom. The molecule has 0 spiro atoms. The third-order valence-electron chi connectivity index (χ3n) is 1.81. The summed E-state index contributed by atoms with van der Waals surface area (Å²) >= 11 is 5.40. The van der Waals surface area contributed by atoms with E-state index in [9.17, 15) is 9.59 Å². The van der Waals surface area contributed by atoms with Gasteiger partial charge in [-0.05, 0) is 5.75 Å². The van der Waals surface area contributed by atoms with Gasteiger partial charge < -0.3 is 10.0 Å². The minimum Gasteiger partial charge on any atom is -0.480 e. The second-order valence-electron chi connectivity index (χ2n) is 2.69. The number of aliphatic carboxylic acids is 1. The van der Waals surface area contributed by atoms with Gasteiger partial charge >= 0.3 is 5.97 Å². The number of nitrogens with zero attached hydrogens (tertiary/aromatic N) is 1. The molecule has 13 heavy (non-hydrogen) atoms. The van der Waals surface area contributed by atoms with E-state index in [1.165, 1.54) is 16.7 Å². The minimum absolute atomic E-state index is 0.118. The van der Waals surface area contributed by atoms with Crippen LogP contribution < -0.4 is 0 Å². The van der Waals surface area contributed by atoms with Crippen LogP contribution in [0, 0.1) is 0 Å². The number of thioether (sulfide) groups is 1. The van der Waals surface area contributed by atoms with E-state index in [1.807, 2.05) is 0 Å². The molecule has 0 aliphatic carbocycles. The molecule has 4 nitrogen and oxygen atoms in total. The molecule has 0 saturated carbocycles. The van der Waals surface area contributed by atoms with Crippen molar-refractivity contribution in [3.63, 3.8) is 0 Å². The van der Waals surface area contributed by atoms with Crippen LogP contribution in [0.2, 0.25) is 0 Å². The maximum atomic E-state index is 11.4. The summed E-state index contributed by atoms with van der Waals surface area (Å²) in [5.74, 6) is 0.411. The van der Waals surface area contributed by atoms with Crippen LogP contribution in [0.4, 0.5) is 0 Å². The Hall–Kier alpha value is -0.360. The van der Waals surface area contributed by atoms with Crippen molar-refractivity contribution in [2.45, 2.75) is 12.5 Å². The summed E-state index contributed by atoms with van der Waals surface area (Å²) in [5, 5.41) is 8.77. The normalized spacial score (nSPS) is 21.9. The van der Waals surface area contributed by atoms with Crippen molar-refractivity contribution in [2.75, 3.05) is 17.4 Å². The first kappa shape index (κ1) is 10.7. The largest absolute Gasteiger partial charge is 0.480 e. The van der Waals surface area contributed by atoms with Crippen LogP contribution in [0.3, 0.4) is 0 Å². The van der Waals surface area contributed by atoms with Gasteiger partial charge in [-0.2, -0.15) is 12.6 Å². The zero-order chi connectivity index (χ0) is 9.84. The fraction of sp³-hybridized carbons (Fsp3) is 0.714. The molecule has 1 aliphatic rings. The monoisotopic (exact) mass is 221 g/mol. The van der Waals surface area contributed by atoms with Crippen LogP contribution in [-0.4, -0.2) is 45.3 Å². The highest BCUT2D eigenvalue weighted by Crippen LogP contribution is 2.21. The van der Waals surface area contributed by atoms with Crippen molar-refractivity contribution in [1.82, 2.24) is 4.90 Å². The van der Waals surface area contributed by atoms with Gasteiger partial charge in [0.25, 0.3) is 0 Å². The number of carboxylic acids is 1. The average Bonchev–Trinajstić information content (AvgIpc) is 2.52. The second kappa shape index (κ2) is 4.76. The molecule has 1 amide bonds. The van der Waals surface area contributed by atoms with E-state index in [0.717, 1.165) is 0 Å². The van der Waals surface area contributed by atoms with E-state index in [2.05, 4.69) is 12.6 Å². The molecule has 1 fully saturated rings. The first-order chi connectivity index (χ1) is 6.16. The molecular weight excluding hydrogens is 210 g/mol. The van der Waals surface area contributed by atoms with Gasteiger partial charge in [0.2, 0.25) is 5.91 Å². The van der Waals surface area contributed by atoms with E-state index < -0.39 is 12.0 Å². The van der Waals surface area contributed by atoms with Crippen molar-refractivity contribution in [3.05, 3.63) is 0 Å². The van der Waals surface area contributed by atoms with Crippen LogP contribution in [0.5, 0.6) is 0 Å². The van der Waals surface area contributed by atoms with Crippen molar-refractivity contribution >= 4 is 36.3 Å². The molecular formula is C7H11NO3S2. The lowest BCUT2D eigenvalue weighted by Gasteiger charge is -2.19. The standard InChI is InChI=1S/C7H11NO3S2/c9-6(1-2-12)8-4-13-3-5(8)7(10)11/h5,12H,1-4H2,(H,10,11)/t5-/m0/s1. The predicted molar refractivity (Wildman–Crippen MR) is 54.1 cm³/mol. The van der Waals surface area contributed by atoms with Gasteiger partial charge in [-0.15, -0.1) is 11.8 Å². The lowest BCUT2D eigenvalue weighted by molar-refractivity contribution is -0.147. The third-order valence-corrected chi connectivity index (χ3v) is 3.05. The summed E-state index contributed by atoms with van der Waals surface area (Å²) in [5.41, 5.74) is 0. The van der Waals surface area contributed by atoms with Crippen LogP contribution in [0.25, 0.3) is 0 Å². The fourth-order valence-electron chi connectivity index (χ4n) is 1.13. The van der Waals surface area contributed by atoms with E-state index in [-0.39, 0.29) is 5.91 Å². The van der Waals surface area contributed by atoms with Gasteiger partial charge in [0.15, 0.2) is 0 Å². The van der Waals surface area contributed by atoms with Gasteiger partial charge in [0.1, 0.15) is 6.04 Å². The lowest BCUT2D eigenvalue weighted by Crippen LogP contribution is -2.41. The Morgan fingerprint density at radius 2 is 2.31 bits per heavy atom. The summed E-state index contributed by atoms with van der Waals surface area (Å²) < 4.78 is 0. The van der Waals surface area contributed by atoms with E-state index in [4.69, 9.17) is 5.11 Å². The van der Waals surface area contributed by atoms with E-state index in [0.29, 0.717) is 23.8 Å². The zero-order valence-electron chi connectivity index (χ0n) is 6.97. The number of hydrogen-bond acceptors (Lipinski definition) is 4. The number of rotatable bonds is 3. The molecule has 0 aromatic rings. The molecule has 0 bridgehead atoms. The van der Waals surface area contributed by atoms with Crippen LogP contribution >= 0.6 is 24.4 Å². The average molecular weight is 221 g/mol. The van der Waals surface area contributed by atoms with Crippen LogP contribution in [-0.2, 0) is 9.59 Å². The highest BCUT2D eigenvalue weighted by atomic mass is 32.2. The predicted octanol–water partition coefficient (Wildman–Crippen LogP) is 0.292. The minimum atomic E-state index is -0.919. The van der Waals surface area contributed by atoms with Gasteiger partial charge in [0.05, 0.1) is 5.88 Å². The topological polar surface area (TPSA) is 57.6 Å². The quantitative estimate of drug-likeness (QED) is 0.673. The molecule has 1 saturated heterocycles. The molecule has 74 valence electrons. The Balaban J connectivity index is 2.57. The Kier molecular flexibility index (Phi) is 3.92. The Morgan fingerprint density at radius 1 is 1.62 bits per heavy atom. The zero-order valence-corrected chi connectivity index (χ0v) is 8.68. The SMILES string of the molecule is O=C(O)[C@@H]1CSCN1C(=O)CCS. The third kappa shape index (κ3) is 2.54. The van der Waals surface area contributed by atoms with E-state index in [1.54, 1.807) is 0 Å². The van der Waals surface area contributed by atoms with Gasteiger partial charge in [0, 0.05) is 12.2 Å². The Labute approximate surface area is 86.1 Å². The molecule has 0 aromatic heterocycles. The maximum Gasteiger partial charge on any atom is 0.327 e. The van der Waals surface area contributed by atoms with Crippen molar-refractivity contribution in [1.29, 1.82) is 0 Å².